The molecule has 0 aliphatic heterocycles. The zero-order chi connectivity index (χ0) is 27.9. The van der Waals surface area contributed by atoms with E-state index >= 15 is 0 Å². The molecule has 0 radical (unpaired) electrons. The Balaban J connectivity index is 1.42. The van der Waals surface area contributed by atoms with Crippen molar-refractivity contribution >= 4 is 34.8 Å². The Kier molecular flexibility index (Phi) is 8.12. The van der Waals surface area contributed by atoms with Gasteiger partial charge in [0.05, 0.1) is 31.3 Å². The highest BCUT2D eigenvalue weighted by atomic mass is 32.2. The molecule has 4 rings (SSSR count). The molecule has 0 aliphatic carbocycles. The van der Waals surface area contributed by atoms with Crippen LogP contribution >= 0.6 is 11.8 Å². The van der Waals surface area contributed by atoms with Gasteiger partial charge in [0.1, 0.15) is 18.1 Å². The zero-order valence-electron chi connectivity index (χ0n) is 19.8. The average Bonchev–Trinajstić information content (AvgIpc) is 2.93. The Hall–Kier alpha value is -5.30. The quantitative estimate of drug-likeness (QED) is 0.118. The molecule has 0 N–H and O–H groups in total. The van der Waals surface area contributed by atoms with Crippen LogP contribution in [0.4, 0.5) is 17.1 Å². The summed E-state index contributed by atoms with van der Waals surface area (Å²) in [4.78, 5) is 44.6. The lowest BCUT2D eigenvalue weighted by Crippen LogP contribution is -2.06. The van der Waals surface area contributed by atoms with Crippen molar-refractivity contribution in [2.75, 3.05) is 0 Å². The summed E-state index contributed by atoms with van der Waals surface area (Å²) >= 11 is 0.926. The summed E-state index contributed by atoms with van der Waals surface area (Å²) in [6, 6.07) is 22.0. The lowest BCUT2D eigenvalue weighted by atomic mass is 10.2. The smallest absolute Gasteiger partial charge is 0.339 e. The molecule has 4 aromatic rings. The van der Waals surface area contributed by atoms with Crippen LogP contribution in [0.15, 0.2) is 101 Å². The number of nitrogens with zero attached hydrogens (tertiary/aromatic N) is 3. The third-order valence-electron chi connectivity index (χ3n) is 5.25. The van der Waals surface area contributed by atoms with Gasteiger partial charge < -0.3 is 9.47 Å². The molecule has 196 valence electrons. The Labute approximate surface area is 224 Å². The Morgan fingerprint density at radius 2 is 1.28 bits per heavy atom. The number of benzene rings is 4. The third kappa shape index (κ3) is 6.72. The average molecular weight is 548 g/mol. The van der Waals surface area contributed by atoms with Gasteiger partial charge in [0.15, 0.2) is 0 Å². The molecule has 0 bridgehead atoms. The Morgan fingerprint density at radius 1 is 0.692 bits per heavy atom. The number of nitro benzene ring substituents is 3. The van der Waals surface area contributed by atoms with Crippen LogP contribution < -0.4 is 4.74 Å². The fraction of sp³-hybridized carbons (Fsp3) is 0.0385. The predicted octanol–water partition coefficient (Wildman–Crippen LogP) is 6.71. The highest BCUT2D eigenvalue weighted by molar-refractivity contribution is 7.99. The predicted molar refractivity (Wildman–Crippen MR) is 139 cm³/mol. The number of carbonyl (C=O) groups is 1. The van der Waals surface area contributed by atoms with E-state index < -0.39 is 32.1 Å². The van der Waals surface area contributed by atoms with E-state index in [1.165, 1.54) is 36.4 Å². The topological polar surface area (TPSA) is 165 Å². The van der Waals surface area contributed by atoms with Crippen molar-refractivity contribution in [2.24, 2.45) is 0 Å². The summed E-state index contributed by atoms with van der Waals surface area (Å²) in [6.07, 6.45) is 0. The largest absolute Gasteiger partial charge is 0.457 e. The van der Waals surface area contributed by atoms with Crippen LogP contribution in [0, 0.1) is 30.3 Å². The highest BCUT2D eigenvalue weighted by Crippen LogP contribution is 2.38. The number of carbonyl (C=O) groups excluding carboxylic acids is 1. The molecule has 0 unspecified atom stereocenters. The number of hydrogen-bond donors (Lipinski definition) is 0. The van der Waals surface area contributed by atoms with E-state index in [2.05, 4.69) is 0 Å². The molecule has 0 atom stereocenters. The van der Waals surface area contributed by atoms with Crippen molar-refractivity contribution in [1.29, 1.82) is 0 Å². The number of non-ortho nitro benzene ring substituents is 2. The maximum Gasteiger partial charge on any atom is 0.339 e. The van der Waals surface area contributed by atoms with Crippen molar-refractivity contribution in [3.05, 3.63) is 132 Å². The number of hydrogen-bond acceptors (Lipinski definition) is 10. The number of rotatable bonds is 10. The van der Waals surface area contributed by atoms with Gasteiger partial charge in [0.25, 0.3) is 17.1 Å². The first kappa shape index (κ1) is 26.8. The minimum Gasteiger partial charge on any atom is -0.457 e. The molecule has 0 spiro atoms. The van der Waals surface area contributed by atoms with Crippen molar-refractivity contribution in [3.8, 4) is 11.5 Å². The summed E-state index contributed by atoms with van der Waals surface area (Å²) in [6.45, 7) is -0.0622. The van der Waals surface area contributed by atoms with Gasteiger partial charge in [-0.1, -0.05) is 36.0 Å². The molecule has 39 heavy (non-hydrogen) atoms. The summed E-state index contributed by atoms with van der Waals surface area (Å²) < 4.78 is 11.1. The SMILES string of the molecule is O=C(OCc1ccc(Oc2ccc([N+](=O)[O-])cc2)cc1)c1ccccc1Sc1ccc([N+](=O)[O-])cc1[N+](=O)[O-]. The van der Waals surface area contributed by atoms with Gasteiger partial charge >= 0.3 is 5.97 Å². The van der Waals surface area contributed by atoms with Gasteiger partial charge in [0, 0.05) is 23.1 Å². The fourth-order valence-electron chi connectivity index (χ4n) is 3.34. The molecule has 0 aliphatic rings. The van der Waals surface area contributed by atoms with Crippen LogP contribution in [0.5, 0.6) is 11.5 Å². The second-order valence-corrected chi connectivity index (χ2v) is 8.92. The minimum atomic E-state index is -0.721. The van der Waals surface area contributed by atoms with Gasteiger partial charge in [-0.15, -0.1) is 0 Å². The summed E-state index contributed by atoms with van der Waals surface area (Å²) in [7, 11) is 0. The lowest BCUT2D eigenvalue weighted by Gasteiger charge is -2.10. The first-order valence-electron chi connectivity index (χ1n) is 11.1. The van der Waals surface area contributed by atoms with Gasteiger partial charge in [-0.05, 0) is 48.0 Å². The van der Waals surface area contributed by atoms with Crippen molar-refractivity contribution in [1.82, 2.24) is 0 Å². The number of nitro groups is 3. The van der Waals surface area contributed by atoms with Crippen molar-refractivity contribution in [2.45, 2.75) is 16.4 Å². The van der Waals surface area contributed by atoms with E-state index in [9.17, 15) is 35.1 Å². The fourth-order valence-corrected chi connectivity index (χ4v) is 4.36. The first-order chi connectivity index (χ1) is 18.7. The Bertz CT molecular complexity index is 1560. The lowest BCUT2D eigenvalue weighted by molar-refractivity contribution is -0.396. The summed E-state index contributed by atoms with van der Waals surface area (Å²) in [5.74, 6) is 0.237. The molecule has 4 aromatic carbocycles. The van der Waals surface area contributed by atoms with E-state index in [0.29, 0.717) is 22.0 Å². The van der Waals surface area contributed by atoms with Crippen LogP contribution in [0.3, 0.4) is 0 Å². The van der Waals surface area contributed by atoms with Crippen LogP contribution in [0.25, 0.3) is 0 Å². The summed E-state index contributed by atoms with van der Waals surface area (Å²) in [5.41, 5.74) is -0.0782. The third-order valence-corrected chi connectivity index (χ3v) is 6.39. The van der Waals surface area contributed by atoms with Crippen molar-refractivity contribution < 1.29 is 29.0 Å². The van der Waals surface area contributed by atoms with Gasteiger partial charge in [-0.3, -0.25) is 30.3 Å². The minimum absolute atomic E-state index is 0.0505. The monoisotopic (exact) mass is 547 g/mol. The van der Waals surface area contributed by atoms with E-state index in [0.717, 1.165) is 23.9 Å². The van der Waals surface area contributed by atoms with Crippen LogP contribution in [-0.2, 0) is 11.3 Å². The van der Waals surface area contributed by atoms with Crippen LogP contribution in [-0.4, -0.2) is 20.7 Å². The summed E-state index contributed by atoms with van der Waals surface area (Å²) in [5, 5.41) is 33.2. The maximum atomic E-state index is 12.8. The standard InChI is InChI=1S/C26H17N3O9S/c30-26(37-16-17-5-10-20(11-6-17)38-21-12-7-18(8-13-21)27(31)32)22-3-1-2-4-24(22)39-25-14-9-19(28(33)34)15-23(25)29(35)36/h1-15H,16H2. The van der Waals surface area contributed by atoms with Gasteiger partial charge in [-0.25, -0.2) is 4.79 Å². The normalized spacial score (nSPS) is 10.5. The highest BCUT2D eigenvalue weighted by Gasteiger charge is 2.22. The second-order valence-electron chi connectivity index (χ2n) is 7.84. The Morgan fingerprint density at radius 3 is 1.90 bits per heavy atom. The molecule has 0 saturated carbocycles. The molecular formula is C26H17N3O9S. The number of esters is 1. The maximum absolute atomic E-state index is 12.8. The second kappa shape index (κ2) is 11.8. The van der Waals surface area contributed by atoms with E-state index in [1.54, 1.807) is 42.5 Å². The molecule has 0 saturated heterocycles. The first-order valence-corrected chi connectivity index (χ1v) is 11.9. The van der Waals surface area contributed by atoms with E-state index in [-0.39, 0.29) is 22.8 Å². The molecule has 12 nitrogen and oxygen atoms in total. The van der Waals surface area contributed by atoms with Crippen molar-refractivity contribution in [3.63, 3.8) is 0 Å². The molecule has 13 heteroatoms. The van der Waals surface area contributed by atoms with Gasteiger partial charge in [0.2, 0.25) is 0 Å². The zero-order valence-corrected chi connectivity index (χ0v) is 20.6. The van der Waals surface area contributed by atoms with E-state index in [1.807, 2.05) is 0 Å². The molecule has 0 amide bonds. The van der Waals surface area contributed by atoms with Crippen LogP contribution in [0.2, 0.25) is 0 Å². The molecule has 0 fully saturated rings. The van der Waals surface area contributed by atoms with E-state index in [4.69, 9.17) is 9.47 Å². The van der Waals surface area contributed by atoms with Crippen LogP contribution in [0.1, 0.15) is 15.9 Å². The number of ether oxygens (including phenoxy) is 2. The molecule has 0 aromatic heterocycles. The molecular weight excluding hydrogens is 530 g/mol. The molecule has 0 heterocycles. The van der Waals surface area contributed by atoms with Gasteiger partial charge in [-0.2, -0.15) is 0 Å².